The molecular formula is C28H30Cl2N6O. The quantitative estimate of drug-likeness (QED) is 0.271. The molecule has 0 saturated heterocycles. The van der Waals surface area contributed by atoms with Crippen molar-refractivity contribution in [2.24, 2.45) is 0 Å². The topological polar surface area (TPSA) is 84.7 Å². The number of benzene rings is 2. The standard InChI is InChI=1S/C28H30Cl2N6O/c1-3-17(2)25-34-26(21-16-31-36(27(21)35-25)24-11-7-6-10-23(24)30)32-18-12-14-19(15-13-18)33-28(37)20-8-4-5-9-22(20)29/h4-11,16-19H,3,12-15H2,1-2H3,(H,33,37)(H,32,34,35)/t17-,18?,19?/m1/s1. The zero-order chi connectivity index (χ0) is 25.9. The number of amides is 1. The van der Waals surface area contributed by atoms with Gasteiger partial charge in [0.25, 0.3) is 5.91 Å². The van der Waals surface area contributed by atoms with Gasteiger partial charge in [-0.3, -0.25) is 4.79 Å². The summed E-state index contributed by atoms with van der Waals surface area (Å²) in [5.41, 5.74) is 2.04. The maximum Gasteiger partial charge on any atom is 0.253 e. The maximum atomic E-state index is 12.7. The first-order valence-electron chi connectivity index (χ1n) is 12.8. The lowest BCUT2D eigenvalue weighted by atomic mass is 9.91. The van der Waals surface area contributed by atoms with Gasteiger partial charge in [-0.25, -0.2) is 14.6 Å². The van der Waals surface area contributed by atoms with Crippen LogP contribution >= 0.6 is 23.2 Å². The first-order valence-corrected chi connectivity index (χ1v) is 13.5. The van der Waals surface area contributed by atoms with Crippen molar-refractivity contribution in [2.75, 3.05) is 5.32 Å². The average Bonchev–Trinajstić information content (AvgIpc) is 3.34. The molecule has 2 heterocycles. The second-order valence-electron chi connectivity index (χ2n) is 9.63. The third-order valence-corrected chi connectivity index (χ3v) is 7.75. The summed E-state index contributed by atoms with van der Waals surface area (Å²) in [5, 5.41) is 13.4. The zero-order valence-corrected chi connectivity index (χ0v) is 22.4. The van der Waals surface area contributed by atoms with Gasteiger partial charge in [0.2, 0.25) is 0 Å². The minimum atomic E-state index is -0.121. The molecule has 0 spiro atoms. The third kappa shape index (κ3) is 5.43. The lowest BCUT2D eigenvalue weighted by molar-refractivity contribution is 0.0926. The van der Waals surface area contributed by atoms with Gasteiger partial charge in [-0.05, 0) is 56.4 Å². The molecule has 7 nitrogen and oxygen atoms in total. The van der Waals surface area contributed by atoms with Gasteiger partial charge in [0.05, 0.1) is 32.9 Å². The second-order valence-corrected chi connectivity index (χ2v) is 10.4. The first-order chi connectivity index (χ1) is 17.9. The van der Waals surface area contributed by atoms with E-state index in [4.69, 9.17) is 33.2 Å². The number of fused-ring (bicyclic) bond motifs is 1. The SMILES string of the molecule is CC[C@@H](C)c1nc(NC2CCC(NC(=O)c3ccccc3Cl)CC2)c2cnn(-c3ccccc3Cl)c2n1. The molecule has 1 saturated carbocycles. The van der Waals surface area contributed by atoms with E-state index in [2.05, 4.69) is 29.6 Å². The Balaban J connectivity index is 1.34. The van der Waals surface area contributed by atoms with Crippen LogP contribution in [0, 0.1) is 0 Å². The highest BCUT2D eigenvalue weighted by atomic mass is 35.5. The van der Waals surface area contributed by atoms with E-state index < -0.39 is 0 Å². The predicted molar refractivity (Wildman–Crippen MR) is 149 cm³/mol. The van der Waals surface area contributed by atoms with Crippen LogP contribution in [0.1, 0.15) is 68.1 Å². The smallest absolute Gasteiger partial charge is 0.253 e. The first kappa shape index (κ1) is 25.5. The van der Waals surface area contributed by atoms with Crippen LogP contribution in [0.4, 0.5) is 5.82 Å². The van der Waals surface area contributed by atoms with Crippen molar-refractivity contribution in [3.05, 3.63) is 76.2 Å². The van der Waals surface area contributed by atoms with Crippen LogP contribution in [-0.2, 0) is 0 Å². The van der Waals surface area contributed by atoms with Crippen molar-refractivity contribution in [3.8, 4) is 5.69 Å². The summed E-state index contributed by atoms with van der Waals surface area (Å²) in [4.78, 5) is 22.5. The normalized spacial score (nSPS) is 18.5. The third-order valence-electron chi connectivity index (χ3n) is 7.10. The molecule has 1 fully saturated rings. The molecule has 0 radical (unpaired) electrons. The molecule has 5 rings (SSSR count). The second kappa shape index (κ2) is 11.1. The number of hydrogen-bond donors (Lipinski definition) is 2. The van der Waals surface area contributed by atoms with Crippen molar-refractivity contribution in [1.29, 1.82) is 0 Å². The van der Waals surface area contributed by atoms with E-state index in [-0.39, 0.29) is 23.9 Å². The van der Waals surface area contributed by atoms with Gasteiger partial charge in [-0.2, -0.15) is 5.10 Å². The molecular weight excluding hydrogens is 507 g/mol. The molecule has 4 aromatic rings. The van der Waals surface area contributed by atoms with E-state index in [0.29, 0.717) is 15.6 Å². The molecule has 0 unspecified atom stereocenters. The minimum Gasteiger partial charge on any atom is -0.367 e. The molecule has 1 amide bonds. The fraction of sp³-hybridized carbons (Fsp3) is 0.357. The molecule has 1 aliphatic rings. The van der Waals surface area contributed by atoms with Crippen molar-refractivity contribution < 1.29 is 4.79 Å². The molecule has 0 bridgehead atoms. The Morgan fingerprint density at radius 3 is 2.38 bits per heavy atom. The maximum absolute atomic E-state index is 12.7. The number of anilines is 1. The summed E-state index contributed by atoms with van der Waals surface area (Å²) in [5.74, 6) is 1.66. The minimum absolute atomic E-state index is 0.117. The Morgan fingerprint density at radius 2 is 1.68 bits per heavy atom. The number of nitrogens with one attached hydrogen (secondary N) is 2. The van der Waals surface area contributed by atoms with Crippen molar-refractivity contribution in [2.45, 2.75) is 64.0 Å². The number of carbonyl (C=O) groups is 1. The predicted octanol–water partition coefficient (Wildman–Crippen LogP) is 6.79. The Labute approximate surface area is 226 Å². The number of rotatable bonds is 7. The summed E-state index contributed by atoms with van der Waals surface area (Å²) in [7, 11) is 0. The van der Waals surface area contributed by atoms with Gasteiger partial charge in [-0.1, -0.05) is 61.3 Å². The van der Waals surface area contributed by atoms with Gasteiger partial charge in [0.1, 0.15) is 11.6 Å². The van der Waals surface area contributed by atoms with Crippen LogP contribution < -0.4 is 10.6 Å². The molecule has 2 aromatic carbocycles. The van der Waals surface area contributed by atoms with Gasteiger partial charge in [0.15, 0.2) is 5.65 Å². The van der Waals surface area contributed by atoms with Crippen LogP contribution in [0.2, 0.25) is 10.0 Å². The van der Waals surface area contributed by atoms with Gasteiger partial charge in [0, 0.05) is 18.0 Å². The highest BCUT2D eigenvalue weighted by Crippen LogP contribution is 2.30. The van der Waals surface area contributed by atoms with E-state index >= 15 is 0 Å². The van der Waals surface area contributed by atoms with E-state index in [9.17, 15) is 4.79 Å². The van der Waals surface area contributed by atoms with Crippen molar-refractivity contribution in [3.63, 3.8) is 0 Å². The molecule has 9 heteroatoms. The number of nitrogens with zero attached hydrogens (tertiary/aromatic N) is 4. The summed E-state index contributed by atoms with van der Waals surface area (Å²) in [6.45, 7) is 4.27. The fourth-order valence-electron chi connectivity index (χ4n) is 4.72. The summed E-state index contributed by atoms with van der Waals surface area (Å²) >= 11 is 12.7. The summed E-state index contributed by atoms with van der Waals surface area (Å²) in [6.07, 6.45) is 6.31. The largest absolute Gasteiger partial charge is 0.367 e. The van der Waals surface area contributed by atoms with Crippen LogP contribution in [0.25, 0.3) is 16.7 Å². The number of hydrogen-bond acceptors (Lipinski definition) is 5. The van der Waals surface area contributed by atoms with Crippen LogP contribution in [0.15, 0.2) is 54.7 Å². The zero-order valence-electron chi connectivity index (χ0n) is 20.9. The fourth-order valence-corrected chi connectivity index (χ4v) is 5.16. The van der Waals surface area contributed by atoms with E-state index in [1.807, 2.05) is 36.4 Å². The van der Waals surface area contributed by atoms with Crippen LogP contribution in [0.5, 0.6) is 0 Å². The molecule has 0 aliphatic heterocycles. The molecule has 2 aromatic heterocycles. The molecule has 192 valence electrons. The average molecular weight is 537 g/mol. The van der Waals surface area contributed by atoms with Crippen LogP contribution in [0.3, 0.4) is 0 Å². The Hall–Kier alpha value is -3.16. The molecule has 1 aliphatic carbocycles. The van der Waals surface area contributed by atoms with Crippen molar-refractivity contribution in [1.82, 2.24) is 25.1 Å². The number of carbonyl (C=O) groups excluding carboxylic acids is 1. The lowest BCUT2D eigenvalue weighted by Crippen LogP contribution is -2.40. The van der Waals surface area contributed by atoms with E-state index in [1.54, 1.807) is 23.0 Å². The van der Waals surface area contributed by atoms with E-state index in [0.717, 1.165) is 60.5 Å². The van der Waals surface area contributed by atoms with Gasteiger partial charge >= 0.3 is 0 Å². The lowest BCUT2D eigenvalue weighted by Gasteiger charge is -2.30. The van der Waals surface area contributed by atoms with Crippen LogP contribution in [-0.4, -0.2) is 37.7 Å². The number of halogens is 2. The Kier molecular flexibility index (Phi) is 7.63. The number of aromatic nitrogens is 4. The highest BCUT2D eigenvalue weighted by molar-refractivity contribution is 6.33. The Bertz CT molecular complexity index is 1410. The molecule has 37 heavy (non-hydrogen) atoms. The Morgan fingerprint density at radius 1 is 1.00 bits per heavy atom. The summed E-state index contributed by atoms with van der Waals surface area (Å²) < 4.78 is 1.79. The van der Waals surface area contributed by atoms with E-state index in [1.165, 1.54) is 0 Å². The summed E-state index contributed by atoms with van der Waals surface area (Å²) in [6, 6.07) is 15.1. The van der Waals surface area contributed by atoms with Crippen molar-refractivity contribution >= 4 is 46.0 Å². The van der Waals surface area contributed by atoms with Gasteiger partial charge < -0.3 is 10.6 Å². The monoisotopic (exact) mass is 536 g/mol. The van der Waals surface area contributed by atoms with Gasteiger partial charge in [-0.15, -0.1) is 0 Å². The molecule has 2 N–H and O–H groups in total. The number of para-hydroxylation sites is 1. The molecule has 1 atom stereocenters. The highest BCUT2D eigenvalue weighted by Gasteiger charge is 2.25.